The summed E-state index contributed by atoms with van der Waals surface area (Å²) < 4.78 is 5.02. The van der Waals surface area contributed by atoms with E-state index in [0.29, 0.717) is 13.1 Å². The number of furan rings is 1. The molecule has 1 aromatic carbocycles. The third-order valence-electron chi connectivity index (χ3n) is 4.11. The Morgan fingerprint density at radius 1 is 1.08 bits per heavy atom. The normalized spacial score (nSPS) is 15.9. The molecule has 1 amide bonds. The van der Waals surface area contributed by atoms with Crippen LogP contribution in [0.25, 0.3) is 0 Å². The van der Waals surface area contributed by atoms with Gasteiger partial charge in [0, 0.05) is 32.7 Å². The van der Waals surface area contributed by atoms with Crippen LogP contribution in [0.5, 0.6) is 0 Å². The summed E-state index contributed by atoms with van der Waals surface area (Å²) in [6, 6.07) is 12.8. The van der Waals surface area contributed by atoms with Gasteiger partial charge in [-0.15, -0.1) is 0 Å². The molecule has 0 spiro atoms. The molecule has 1 fully saturated rings. The van der Waals surface area contributed by atoms with Gasteiger partial charge in [-0.1, -0.05) is 30.3 Å². The number of carbonyl (C=O) groups excluding carboxylic acids is 1. The van der Waals surface area contributed by atoms with Crippen LogP contribution in [0.2, 0.25) is 0 Å². The first-order valence-corrected chi connectivity index (χ1v) is 7.93. The van der Waals surface area contributed by atoms with E-state index in [1.807, 2.05) is 18.2 Å². The lowest BCUT2D eigenvalue weighted by Crippen LogP contribution is -2.34. The fraction of sp³-hybridized carbons (Fsp3) is 0.353. The van der Waals surface area contributed by atoms with E-state index in [0.717, 1.165) is 26.1 Å². The van der Waals surface area contributed by atoms with Crippen LogP contribution in [0, 0.1) is 10.1 Å². The highest BCUT2D eigenvalue weighted by molar-refractivity contribution is 5.91. The van der Waals surface area contributed by atoms with Gasteiger partial charge in [-0.3, -0.25) is 19.8 Å². The average Bonchev–Trinajstić information content (AvgIpc) is 2.97. The predicted octanol–water partition coefficient (Wildman–Crippen LogP) is 2.54. The lowest BCUT2D eigenvalue weighted by molar-refractivity contribution is -0.402. The second-order valence-corrected chi connectivity index (χ2v) is 5.80. The summed E-state index contributed by atoms with van der Waals surface area (Å²) in [5.74, 6) is -0.665. The maximum Gasteiger partial charge on any atom is 0.433 e. The van der Waals surface area contributed by atoms with Crippen molar-refractivity contribution in [3.05, 3.63) is 63.9 Å². The molecule has 2 heterocycles. The molecule has 0 atom stereocenters. The van der Waals surface area contributed by atoms with Crippen LogP contribution in [-0.4, -0.2) is 46.8 Å². The molecule has 3 rings (SSSR count). The number of amides is 1. The third-order valence-corrected chi connectivity index (χ3v) is 4.11. The van der Waals surface area contributed by atoms with E-state index in [1.54, 1.807) is 4.90 Å². The van der Waals surface area contributed by atoms with Crippen LogP contribution < -0.4 is 0 Å². The molecule has 0 unspecified atom stereocenters. The monoisotopic (exact) mass is 329 g/mol. The second kappa shape index (κ2) is 7.27. The summed E-state index contributed by atoms with van der Waals surface area (Å²) in [6.07, 6.45) is 0.862. The Morgan fingerprint density at radius 2 is 1.88 bits per heavy atom. The number of hydrogen-bond donors (Lipinski definition) is 0. The molecule has 126 valence electrons. The molecular formula is C17H19N3O4. The van der Waals surface area contributed by atoms with Crippen molar-refractivity contribution in [2.45, 2.75) is 13.0 Å². The smallest absolute Gasteiger partial charge is 0.395 e. The molecule has 7 heteroatoms. The van der Waals surface area contributed by atoms with Gasteiger partial charge in [0.05, 0.1) is 6.07 Å². The number of rotatable bonds is 4. The number of hydrogen-bond acceptors (Lipinski definition) is 5. The molecular weight excluding hydrogens is 310 g/mol. The van der Waals surface area contributed by atoms with Crippen LogP contribution in [0.4, 0.5) is 5.88 Å². The fourth-order valence-corrected chi connectivity index (χ4v) is 2.87. The summed E-state index contributed by atoms with van der Waals surface area (Å²) in [5, 5.41) is 10.7. The van der Waals surface area contributed by atoms with E-state index in [4.69, 9.17) is 4.42 Å². The number of nitrogens with zero attached hydrogens (tertiary/aromatic N) is 3. The van der Waals surface area contributed by atoms with E-state index in [2.05, 4.69) is 17.0 Å². The Balaban J connectivity index is 1.60. The highest BCUT2D eigenvalue weighted by Crippen LogP contribution is 2.18. The van der Waals surface area contributed by atoms with Gasteiger partial charge >= 0.3 is 5.88 Å². The van der Waals surface area contributed by atoms with Crippen molar-refractivity contribution < 1.29 is 14.1 Å². The molecule has 7 nitrogen and oxygen atoms in total. The number of nitro groups is 1. The van der Waals surface area contributed by atoms with Crippen LogP contribution in [-0.2, 0) is 6.54 Å². The van der Waals surface area contributed by atoms with Gasteiger partial charge in [-0.05, 0) is 18.1 Å². The van der Waals surface area contributed by atoms with E-state index >= 15 is 0 Å². The third kappa shape index (κ3) is 3.80. The topological polar surface area (TPSA) is 79.8 Å². The summed E-state index contributed by atoms with van der Waals surface area (Å²) in [4.78, 5) is 26.5. The molecule has 1 aliphatic rings. The van der Waals surface area contributed by atoms with Crippen molar-refractivity contribution in [2.24, 2.45) is 0 Å². The minimum atomic E-state index is -0.638. The number of carbonyl (C=O) groups is 1. The molecule has 0 N–H and O–H groups in total. The minimum Gasteiger partial charge on any atom is -0.395 e. The van der Waals surface area contributed by atoms with E-state index in [-0.39, 0.29) is 11.7 Å². The van der Waals surface area contributed by atoms with Gasteiger partial charge in [0.25, 0.3) is 5.91 Å². The molecule has 2 aromatic rings. The van der Waals surface area contributed by atoms with Crippen LogP contribution in [0.3, 0.4) is 0 Å². The van der Waals surface area contributed by atoms with Crippen LogP contribution >= 0.6 is 0 Å². The highest BCUT2D eigenvalue weighted by atomic mass is 16.6. The molecule has 0 radical (unpaired) electrons. The summed E-state index contributed by atoms with van der Waals surface area (Å²) in [5.41, 5.74) is 1.25. The zero-order valence-corrected chi connectivity index (χ0v) is 13.3. The van der Waals surface area contributed by atoms with Gasteiger partial charge in [0.1, 0.15) is 4.92 Å². The molecule has 24 heavy (non-hydrogen) atoms. The first-order chi connectivity index (χ1) is 11.6. The quantitative estimate of drug-likeness (QED) is 0.636. The van der Waals surface area contributed by atoms with Gasteiger partial charge in [-0.2, -0.15) is 0 Å². The Morgan fingerprint density at radius 3 is 2.58 bits per heavy atom. The van der Waals surface area contributed by atoms with Crippen molar-refractivity contribution in [3.63, 3.8) is 0 Å². The van der Waals surface area contributed by atoms with E-state index in [1.165, 1.54) is 17.7 Å². The maximum absolute atomic E-state index is 12.4. The summed E-state index contributed by atoms with van der Waals surface area (Å²) in [7, 11) is 0. The second-order valence-electron chi connectivity index (χ2n) is 5.80. The van der Waals surface area contributed by atoms with Crippen LogP contribution in [0.1, 0.15) is 22.5 Å². The first-order valence-electron chi connectivity index (χ1n) is 7.93. The van der Waals surface area contributed by atoms with E-state index < -0.39 is 10.8 Å². The maximum atomic E-state index is 12.4. The Kier molecular flexibility index (Phi) is 4.90. The SMILES string of the molecule is O=C(c1ccc([N+](=O)[O-])o1)N1CCCN(Cc2ccccc2)CC1. The molecule has 0 saturated carbocycles. The Labute approximate surface area is 139 Å². The van der Waals surface area contributed by atoms with Gasteiger partial charge < -0.3 is 9.32 Å². The molecule has 0 aliphatic carbocycles. The van der Waals surface area contributed by atoms with Crippen LogP contribution in [0.15, 0.2) is 46.9 Å². The van der Waals surface area contributed by atoms with E-state index in [9.17, 15) is 14.9 Å². The standard InChI is InChI=1S/C17H19N3O4/c21-17(15-7-8-16(24-15)20(22)23)19-10-4-9-18(11-12-19)13-14-5-2-1-3-6-14/h1-3,5-8H,4,9-13H2. The van der Waals surface area contributed by atoms with Crippen molar-refractivity contribution >= 4 is 11.8 Å². The Hall–Kier alpha value is -2.67. The minimum absolute atomic E-state index is 0.0261. The van der Waals surface area contributed by atoms with Gasteiger partial charge in [0.2, 0.25) is 0 Å². The van der Waals surface area contributed by atoms with Gasteiger partial charge in [-0.25, -0.2) is 0 Å². The summed E-state index contributed by atoms with van der Waals surface area (Å²) in [6.45, 7) is 3.74. The number of benzene rings is 1. The lowest BCUT2D eigenvalue weighted by atomic mass is 10.2. The molecule has 1 aliphatic heterocycles. The first kappa shape index (κ1) is 16.2. The van der Waals surface area contributed by atoms with Gasteiger partial charge in [0.15, 0.2) is 5.76 Å². The molecule has 1 aromatic heterocycles. The van der Waals surface area contributed by atoms with Crippen molar-refractivity contribution in [2.75, 3.05) is 26.2 Å². The zero-order valence-electron chi connectivity index (χ0n) is 13.3. The lowest BCUT2D eigenvalue weighted by Gasteiger charge is -2.21. The summed E-state index contributed by atoms with van der Waals surface area (Å²) >= 11 is 0. The predicted molar refractivity (Wildman–Crippen MR) is 87.6 cm³/mol. The molecule has 1 saturated heterocycles. The fourth-order valence-electron chi connectivity index (χ4n) is 2.87. The van der Waals surface area contributed by atoms with Crippen molar-refractivity contribution in [3.8, 4) is 0 Å². The highest BCUT2D eigenvalue weighted by Gasteiger charge is 2.24. The average molecular weight is 329 g/mol. The Bertz CT molecular complexity index is 714. The molecule has 0 bridgehead atoms. The van der Waals surface area contributed by atoms with Crippen molar-refractivity contribution in [1.29, 1.82) is 0 Å². The zero-order chi connectivity index (χ0) is 16.9. The largest absolute Gasteiger partial charge is 0.433 e. The van der Waals surface area contributed by atoms with Crippen molar-refractivity contribution in [1.82, 2.24) is 9.80 Å².